The highest BCUT2D eigenvalue weighted by Crippen LogP contribution is 2.48. The first kappa shape index (κ1) is 22.8. The van der Waals surface area contributed by atoms with E-state index >= 15 is 0 Å². The predicted molar refractivity (Wildman–Crippen MR) is 121 cm³/mol. The molecule has 3 rings (SSSR count). The van der Waals surface area contributed by atoms with Crippen LogP contribution in [0.15, 0.2) is 24.3 Å². The molecule has 2 nitrogen and oxygen atoms in total. The number of hydrogen-bond donors (Lipinski definition) is 0. The number of hydrogen-bond acceptors (Lipinski definition) is 2. The molecule has 0 amide bonds. The van der Waals surface area contributed by atoms with Crippen molar-refractivity contribution in [2.45, 2.75) is 0 Å². The van der Waals surface area contributed by atoms with Crippen molar-refractivity contribution >= 4 is 104 Å². The molecule has 0 aliphatic carbocycles. The second-order valence-electron chi connectivity index (χ2n) is 5.31. The lowest BCUT2D eigenvalue weighted by atomic mass is 9.86. The number of nitrogens with zero attached hydrogens (tertiary/aromatic N) is 2. The molecular weight excluding hydrogens is 551 g/mol. The quantitative estimate of drug-likeness (QED) is 0.238. The van der Waals surface area contributed by atoms with Crippen molar-refractivity contribution in [1.82, 2.24) is 9.97 Å². The minimum absolute atomic E-state index is 0.0517. The van der Waals surface area contributed by atoms with Crippen LogP contribution in [0, 0.1) is 5.92 Å². The van der Waals surface area contributed by atoms with Crippen LogP contribution in [0.1, 0.15) is 16.7 Å². The third-order valence-corrected chi connectivity index (χ3v) is 5.90. The third-order valence-electron chi connectivity index (χ3n) is 3.56. The van der Waals surface area contributed by atoms with E-state index in [2.05, 4.69) is 9.97 Å². The van der Waals surface area contributed by atoms with E-state index in [1.807, 2.05) is 0 Å². The maximum atomic E-state index is 6.45. The van der Waals surface area contributed by atoms with Gasteiger partial charge in [0.2, 0.25) is 5.28 Å². The van der Waals surface area contributed by atoms with Crippen molar-refractivity contribution in [1.29, 1.82) is 0 Å². The molecule has 2 aromatic carbocycles. The minimum Gasteiger partial charge on any atom is -0.206 e. The van der Waals surface area contributed by atoms with Crippen LogP contribution < -0.4 is 0 Å². The van der Waals surface area contributed by atoms with E-state index in [-0.39, 0.29) is 41.2 Å². The van der Waals surface area contributed by atoms with Crippen molar-refractivity contribution in [2.75, 3.05) is 0 Å². The van der Waals surface area contributed by atoms with Gasteiger partial charge in [0, 0.05) is 46.8 Å². The molecule has 1 radical (unpaired) electrons. The van der Waals surface area contributed by atoms with Crippen LogP contribution in [-0.2, 0) is 0 Å². The van der Waals surface area contributed by atoms with Crippen molar-refractivity contribution in [3.05, 3.63) is 92.6 Å². The molecule has 0 aliphatic heterocycles. The van der Waals surface area contributed by atoms with Crippen LogP contribution in [0.2, 0.25) is 45.7 Å². The minimum atomic E-state index is -0.139. The number of rotatable bonds is 3. The van der Waals surface area contributed by atoms with Gasteiger partial charge in [-0.2, -0.15) is 0 Å². The van der Waals surface area contributed by atoms with Crippen LogP contribution in [0.4, 0.5) is 0 Å². The Morgan fingerprint density at radius 3 is 1.14 bits per heavy atom. The van der Waals surface area contributed by atoms with Gasteiger partial charge in [-0.05, 0) is 35.9 Å². The molecule has 0 unspecified atom stereocenters. The second-order valence-corrected chi connectivity index (χ2v) is 8.87. The summed E-state index contributed by atoms with van der Waals surface area (Å²) in [5.74, 6) is 0.296. The summed E-state index contributed by atoms with van der Waals surface area (Å²) in [5.41, 5.74) is 0.840. The molecule has 0 fully saturated rings. The molecule has 0 N–H and O–H groups in total. The highest BCUT2D eigenvalue weighted by molar-refractivity contribution is 6.42. The Morgan fingerprint density at radius 2 is 0.821 bits per heavy atom. The fraction of sp³-hybridized carbons (Fsp3) is 0. The topological polar surface area (TPSA) is 25.8 Å². The lowest BCUT2D eigenvalue weighted by molar-refractivity contribution is 1.10. The van der Waals surface area contributed by atoms with Crippen molar-refractivity contribution < 1.29 is 0 Å². The Bertz CT molecular complexity index is 879. The number of halogens is 9. The van der Waals surface area contributed by atoms with Gasteiger partial charge in [0.05, 0.1) is 5.92 Å². The third kappa shape index (κ3) is 4.56. The van der Waals surface area contributed by atoms with E-state index < -0.39 is 0 Å². The lowest BCUT2D eigenvalue weighted by Crippen LogP contribution is -2.11. The monoisotopic (exact) mass is 551 g/mol. The lowest BCUT2D eigenvalue weighted by Gasteiger charge is -2.24. The summed E-state index contributed by atoms with van der Waals surface area (Å²) in [6.07, 6.45) is 0. The van der Waals surface area contributed by atoms with E-state index in [1.165, 1.54) is 24.3 Å². The zero-order valence-corrected chi connectivity index (χ0v) is 19.9. The molecule has 0 bridgehead atoms. The maximum Gasteiger partial charge on any atom is 0.225 e. The summed E-state index contributed by atoms with van der Waals surface area (Å²) in [7, 11) is 0. The SMILES string of the molecule is Clc1cc(Cl)c([C](c2c(Cl)cc(Cl)cc2Cl)c2c(Cl)nc(Cl)nc2Cl)c(Cl)c1. The Hall–Kier alpha value is 0.130. The molecule has 3 aromatic rings. The van der Waals surface area contributed by atoms with Gasteiger partial charge in [-0.15, -0.1) is 0 Å². The van der Waals surface area contributed by atoms with Gasteiger partial charge in [-0.1, -0.05) is 92.8 Å². The van der Waals surface area contributed by atoms with Gasteiger partial charge >= 0.3 is 0 Å². The molecule has 145 valence electrons. The fourth-order valence-electron chi connectivity index (χ4n) is 2.53. The first-order chi connectivity index (χ1) is 13.1. The van der Waals surface area contributed by atoms with Crippen LogP contribution in [0.3, 0.4) is 0 Å². The van der Waals surface area contributed by atoms with E-state index in [4.69, 9.17) is 104 Å². The fourth-order valence-corrected chi connectivity index (χ4v) is 5.37. The average Bonchev–Trinajstić information content (AvgIpc) is 2.51. The smallest absolute Gasteiger partial charge is 0.206 e. The first-order valence-electron chi connectivity index (χ1n) is 7.15. The molecule has 0 aliphatic rings. The van der Waals surface area contributed by atoms with Crippen LogP contribution >= 0.6 is 104 Å². The first-order valence-corrected chi connectivity index (χ1v) is 10.6. The van der Waals surface area contributed by atoms with Crippen molar-refractivity contribution in [3.8, 4) is 0 Å². The zero-order valence-electron chi connectivity index (χ0n) is 13.1. The Labute approximate surface area is 205 Å². The van der Waals surface area contributed by atoms with Crippen molar-refractivity contribution in [3.63, 3.8) is 0 Å². The van der Waals surface area contributed by atoms with Gasteiger partial charge < -0.3 is 0 Å². The van der Waals surface area contributed by atoms with E-state index in [0.717, 1.165) is 0 Å². The average molecular weight is 555 g/mol. The molecule has 0 saturated carbocycles. The van der Waals surface area contributed by atoms with Crippen LogP contribution in [-0.4, -0.2) is 9.97 Å². The van der Waals surface area contributed by atoms with Crippen LogP contribution in [0.5, 0.6) is 0 Å². The summed E-state index contributed by atoms with van der Waals surface area (Å²) in [4.78, 5) is 7.90. The molecule has 0 saturated heterocycles. The number of benzene rings is 2. The highest BCUT2D eigenvalue weighted by Gasteiger charge is 2.33. The van der Waals surface area contributed by atoms with Crippen molar-refractivity contribution in [2.24, 2.45) is 0 Å². The Kier molecular flexibility index (Phi) is 7.41. The standard InChI is InChI=1S/C17H4Cl9N2/c18-5-1-7(20)11(8(21)2-5)13(12-9(22)3-6(19)4-10(12)23)14-15(24)27-17(26)28-16(14)25/h1-4H. The van der Waals surface area contributed by atoms with Gasteiger partial charge in [-0.25, -0.2) is 9.97 Å². The molecule has 0 spiro atoms. The maximum absolute atomic E-state index is 6.45. The van der Waals surface area contributed by atoms with Crippen LogP contribution in [0.25, 0.3) is 0 Å². The molecule has 28 heavy (non-hydrogen) atoms. The highest BCUT2D eigenvalue weighted by atomic mass is 35.5. The van der Waals surface area contributed by atoms with Gasteiger partial charge in [-0.3, -0.25) is 0 Å². The largest absolute Gasteiger partial charge is 0.225 e. The molecule has 0 atom stereocenters. The molecule has 1 heterocycles. The zero-order chi connectivity index (χ0) is 20.7. The molecule has 1 aromatic heterocycles. The summed E-state index contributed by atoms with van der Waals surface area (Å²) >= 11 is 56.4. The van der Waals surface area contributed by atoms with Gasteiger partial charge in [0.1, 0.15) is 10.3 Å². The Morgan fingerprint density at radius 1 is 0.500 bits per heavy atom. The summed E-state index contributed by atoms with van der Waals surface area (Å²) in [6.45, 7) is 0. The number of aromatic nitrogens is 2. The van der Waals surface area contributed by atoms with E-state index in [0.29, 0.717) is 27.1 Å². The van der Waals surface area contributed by atoms with E-state index in [1.54, 1.807) is 0 Å². The summed E-state index contributed by atoms with van der Waals surface area (Å²) in [5, 5.41) is 1.24. The molecular formula is C17H4Cl9N2. The van der Waals surface area contributed by atoms with Gasteiger partial charge in [0.25, 0.3) is 0 Å². The predicted octanol–water partition coefficient (Wildman–Crippen LogP) is 9.38. The normalized spacial score (nSPS) is 11.4. The second kappa shape index (κ2) is 9.09. The molecule has 11 heteroatoms. The van der Waals surface area contributed by atoms with Gasteiger partial charge in [0.15, 0.2) is 0 Å². The summed E-state index contributed by atoms with van der Waals surface area (Å²) < 4.78 is 0. The summed E-state index contributed by atoms with van der Waals surface area (Å²) in [6, 6.07) is 6.00. The van der Waals surface area contributed by atoms with E-state index in [9.17, 15) is 0 Å². The Balaban J connectivity index is 2.45.